The Labute approximate surface area is 110 Å². The standard InChI is InChI=1S/C14H26N2O2/c1-11(2)14(5-6-15-10-14)13(17)16-9-12-3-7-18-8-4-12/h11-12,15H,3-10H2,1-2H3,(H,16,17). The predicted octanol–water partition coefficient (Wildman–Crippen LogP) is 1.16. The summed E-state index contributed by atoms with van der Waals surface area (Å²) in [5.74, 6) is 1.23. The Bertz CT molecular complexity index is 280. The number of rotatable bonds is 4. The fourth-order valence-electron chi connectivity index (χ4n) is 3.02. The van der Waals surface area contributed by atoms with Gasteiger partial charge in [0.05, 0.1) is 5.41 Å². The van der Waals surface area contributed by atoms with Crippen LogP contribution < -0.4 is 10.6 Å². The maximum atomic E-state index is 12.5. The van der Waals surface area contributed by atoms with Crippen molar-refractivity contribution in [3.63, 3.8) is 0 Å². The molecule has 2 aliphatic heterocycles. The quantitative estimate of drug-likeness (QED) is 0.791. The topological polar surface area (TPSA) is 50.4 Å². The maximum absolute atomic E-state index is 12.5. The molecule has 0 aliphatic carbocycles. The highest BCUT2D eigenvalue weighted by Crippen LogP contribution is 2.34. The molecule has 1 unspecified atom stereocenters. The number of carbonyl (C=O) groups is 1. The van der Waals surface area contributed by atoms with Gasteiger partial charge < -0.3 is 15.4 Å². The Kier molecular flexibility index (Phi) is 4.62. The number of ether oxygens (including phenoxy) is 1. The Morgan fingerprint density at radius 2 is 2.17 bits per heavy atom. The Balaban J connectivity index is 1.85. The van der Waals surface area contributed by atoms with Crippen molar-refractivity contribution in [3.05, 3.63) is 0 Å². The molecule has 104 valence electrons. The summed E-state index contributed by atoms with van der Waals surface area (Å²) < 4.78 is 5.34. The molecule has 1 amide bonds. The molecule has 0 aromatic heterocycles. The molecule has 2 heterocycles. The Hall–Kier alpha value is -0.610. The molecule has 2 N–H and O–H groups in total. The summed E-state index contributed by atoms with van der Waals surface area (Å²) in [5, 5.41) is 6.51. The lowest BCUT2D eigenvalue weighted by atomic mass is 9.75. The molecule has 2 fully saturated rings. The zero-order chi connectivity index (χ0) is 13.0. The second-order valence-corrected chi connectivity index (χ2v) is 6.00. The Morgan fingerprint density at radius 3 is 2.72 bits per heavy atom. The normalized spacial score (nSPS) is 29.7. The van der Waals surface area contributed by atoms with Gasteiger partial charge in [-0.2, -0.15) is 0 Å². The molecule has 0 aromatic carbocycles. The first-order valence-electron chi connectivity index (χ1n) is 7.22. The molecule has 4 heteroatoms. The van der Waals surface area contributed by atoms with Gasteiger partial charge in [-0.05, 0) is 37.6 Å². The van der Waals surface area contributed by atoms with Crippen LogP contribution in [0.1, 0.15) is 33.1 Å². The minimum atomic E-state index is -0.189. The van der Waals surface area contributed by atoms with E-state index in [0.717, 1.165) is 52.1 Å². The van der Waals surface area contributed by atoms with Crippen molar-refractivity contribution in [1.82, 2.24) is 10.6 Å². The van der Waals surface area contributed by atoms with Gasteiger partial charge in [0.15, 0.2) is 0 Å². The average Bonchev–Trinajstić information content (AvgIpc) is 2.88. The van der Waals surface area contributed by atoms with Crippen LogP contribution in [-0.4, -0.2) is 38.8 Å². The van der Waals surface area contributed by atoms with Crippen LogP contribution in [0.15, 0.2) is 0 Å². The van der Waals surface area contributed by atoms with Crippen LogP contribution >= 0.6 is 0 Å². The van der Waals surface area contributed by atoms with Crippen LogP contribution in [0.25, 0.3) is 0 Å². The first-order valence-corrected chi connectivity index (χ1v) is 7.22. The largest absolute Gasteiger partial charge is 0.381 e. The van der Waals surface area contributed by atoms with Crippen LogP contribution in [0.2, 0.25) is 0 Å². The van der Waals surface area contributed by atoms with Gasteiger partial charge in [-0.3, -0.25) is 4.79 Å². The molecular formula is C14H26N2O2. The van der Waals surface area contributed by atoms with Crippen molar-refractivity contribution in [2.45, 2.75) is 33.1 Å². The summed E-state index contributed by atoms with van der Waals surface area (Å²) >= 11 is 0. The monoisotopic (exact) mass is 254 g/mol. The van der Waals surface area contributed by atoms with E-state index < -0.39 is 0 Å². The minimum Gasteiger partial charge on any atom is -0.381 e. The van der Waals surface area contributed by atoms with E-state index in [1.807, 2.05) is 0 Å². The van der Waals surface area contributed by atoms with Gasteiger partial charge in [0.2, 0.25) is 5.91 Å². The summed E-state index contributed by atoms with van der Waals surface area (Å²) in [6.45, 7) is 8.60. The van der Waals surface area contributed by atoms with E-state index in [9.17, 15) is 4.79 Å². The highest BCUT2D eigenvalue weighted by Gasteiger charge is 2.43. The molecule has 4 nitrogen and oxygen atoms in total. The molecule has 0 spiro atoms. The maximum Gasteiger partial charge on any atom is 0.227 e. The van der Waals surface area contributed by atoms with Crippen LogP contribution in [0.5, 0.6) is 0 Å². The number of nitrogens with one attached hydrogen (secondary N) is 2. The van der Waals surface area contributed by atoms with Gasteiger partial charge in [-0.1, -0.05) is 13.8 Å². The van der Waals surface area contributed by atoms with Crippen LogP contribution in [-0.2, 0) is 9.53 Å². The third kappa shape index (κ3) is 2.86. The second kappa shape index (κ2) is 6.02. The molecule has 0 aromatic rings. The summed E-state index contributed by atoms with van der Waals surface area (Å²) in [6.07, 6.45) is 3.12. The first-order chi connectivity index (χ1) is 8.65. The van der Waals surface area contributed by atoms with Gasteiger partial charge in [0, 0.05) is 26.3 Å². The SMILES string of the molecule is CC(C)C1(C(=O)NCC2CCOCC2)CCNC1. The summed E-state index contributed by atoms with van der Waals surface area (Å²) in [6, 6.07) is 0. The number of amides is 1. The molecule has 0 saturated carbocycles. The van der Waals surface area contributed by atoms with Gasteiger partial charge >= 0.3 is 0 Å². The summed E-state index contributed by atoms with van der Waals surface area (Å²) in [4.78, 5) is 12.5. The summed E-state index contributed by atoms with van der Waals surface area (Å²) in [7, 11) is 0. The van der Waals surface area contributed by atoms with E-state index in [0.29, 0.717) is 11.8 Å². The minimum absolute atomic E-state index is 0.189. The zero-order valence-corrected chi connectivity index (χ0v) is 11.6. The first kappa shape index (κ1) is 13.8. The van der Waals surface area contributed by atoms with Crippen molar-refractivity contribution >= 4 is 5.91 Å². The van der Waals surface area contributed by atoms with Crippen LogP contribution in [0.4, 0.5) is 0 Å². The van der Waals surface area contributed by atoms with E-state index in [4.69, 9.17) is 4.74 Å². The van der Waals surface area contributed by atoms with Crippen molar-refractivity contribution in [2.24, 2.45) is 17.3 Å². The summed E-state index contributed by atoms with van der Waals surface area (Å²) in [5.41, 5.74) is -0.189. The van der Waals surface area contributed by atoms with Gasteiger partial charge in [0.1, 0.15) is 0 Å². The van der Waals surface area contributed by atoms with Crippen LogP contribution in [0, 0.1) is 17.3 Å². The zero-order valence-electron chi connectivity index (χ0n) is 11.6. The number of hydrogen-bond donors (Lipinski definition) is 2. The van der Waals surface area contributed by atoms with Gasteiger partial charge in [-0.25, -0.2) is 0 Å². The van der Waals surface area contributed by atoms with E-state index in [-0.39, 0.29) is 11.3 Å². The lowest BCUT2D eigenvalue weighted by molar-refractivity contribution is -0.132. The van der Waals surface area contributed by atoms with E-state index in [2.05, 4.69) is 24.5 Å². The molecule has 18 heavy (non-hydrogen) atoms. The predicted molar refractivity (Wildman–Crippen MR) is 71.3 cm³/mol. The molecule has 0 bridgehead atoms. The molecular weight excluding hydrogens is 228 g/mol. The molecule has 1 atom stereocenters. The third-order valence-corrected chi connectivity index (χ3v) is 4.64. The lowest BCUT2D eigenvalue weighted by Gasteiger charge is -2.32. The van der Waals surface area contributed by atoms with E-state index >= 15 is 0 Å². The highest BCUT2D eigenvalue weighted by molar-refractivity contribution is 5.83. The smallest absolute Gasteiger partial charge is 0.227 e. The van der Waals surface area contributed by atoms with Crippen molar-refractivity contribution in [1.29, 1.82) is 0 Å². The van der Waals surface area contributed by atoms with Crippen molar-refractivity contribution in [2.75, 3.05) is 32.8 Å². The van der Waals surface area contributed by atoms with E-state index in [1.165, 1.54) is 0 Å². The molecule has 2 rings (SSSR count). The second-order valence-electron chi connectivity index (χ2n) is 6.00. The molecule has 2 aliphatic rings. The fraction of sp³-hybridized carbons (Fsp3) is 0.929. The van der Waals surface area contributed by atoms with Crippen molar-refractivity contribution < 1.29 is 9.53 Å². The molecule has 0 radical (unpaired) electrons. The number of carbonyl (C=O) groups excluding carboxylic acids is 1. The average molecular weight is 254 g/mol. The van der Waals surface area contributed by atoms with Gasteiger partial charge in [-0.15, -0.1) is 0 Å². The lowest BCUT2D eigenvalue weighted by Crippen LogP contribution is -2.47. The highest BCUT2D eigenvalue weighted by atomic mass is 16.5. The molecule has 2 saturated heterocycles. The van der Waals surface area contributed by atoms with Crippen LogP contribution in [0.3, 0.4) is 0 Å². The Morgan fingerprint density at radius 1 is 1.44 bits per heavy atom. The van der Waals surface area contributed by atoms with E-state index in [1.54, 1.807) is 0 Å². The van der Waals surface area contributed by atoms with Crippen molar-refractivity contribution in [3.8, 4) is 0 Å². The fourth-order valence-corrected chi connectivity index (χ4v) is 3.02. The third-order valence-electron chi connectivity index (χ3n) is 4.64. The van der Waals surface area contributed by atoms with Gasteiger partial charge in [0.25, 0.3) is 0 Å². The number of hydrogen-bond acceptors (Lipinski definition) is 3.